The zero-order valence-electron chi connectivity index (χ0n) is 10.5. The number of ether oxygens (including phenoxy) is 1. The third kappa shape index (κ3) is 3.42. The molecule has 98 valence electrons. The fraction of sp³-hybridized carbons (Fsp3) is 0.500. The number of hydrogen-bond acceptors (Lipinski definition) is 3. The Morgan fingerprint density at radius 3 is 3.06 bits per heavy atom. The molecule has 0 amide bonds. The second-order valence-corrected chi connectivity index (χ2v) is 5.74. The molecule has 2 rings (SSSR count). The van der Waals surface area contributed by atoms with E-state index in [0.29, 0.717) is 0 Å². The second kappa shape index (κ2) is 6.14. The molecular formula is C14H18O3S. The standard InChI is InChI=1S/C14H18O3S/c1-10(14(15)16)11-4-2-5-12(8-11)17-13-6-3-7-18-9-13/h2,4-5,8,10,13H,3,6-7,9H2,1H3,(H,15,16). The lowest BCUT2D eigenvalue weighted by Gasteiger charge is -2.23. The van der Waals surface area contributed by atoms with Crippen molar-refractivity contribution in [3.05, 3.63) is 29.8 Å². The minimum atomic E-state index is -0.805. The van der Waals surface area contributed by atoms with E-state index in [9.17, 15) is 4.79 Å². The third-order valence-electron chi connectivity index (χ3n) is 3.15. The summed E-state index contributed by atoms with van der Waals surface area (Å²) in [7, 11) is 0. The fourth-order valence-electron chi connectivity index (χ4n) is 2.00. The van der Waals surface area contributed by atoms with Gasteiger partial charge in [0.25, 0.3) is 0 Å². The topological polar surface area (TPSA) is 46.5 Å². The predicted molar refractivity (Wildman–Crippen MR) is 73.5 cm³/mol. The molecule has 0 spiro atoms. The highest BCUT2D eigenvalue weighted by molar-refractivity contribution is 7.99. The van der Waals surface area contributed by atoms with Gasteiger partial charge in [-0.15, -0.1) is 0 Å². The summed E-state index contributed by atoms with van der Waals surface area (Å²) in [5.41, 5.74) is 0.795. The molecule has 1 aliphatic heterocycles. The number of hydrogen-bond donors (Lipinski definition) is 1. The molecule has 1 aliphatic rings. The van der Waals surface area contributed by atoms with Crippen LogP contribution in [0.3, 0.4) is 0 Å². The lowest BCUT2D eigenvalue weighted by Crippen LogP contribution is -2.23. The first-order valence-corrected chi connectivity index (χ1v) is 7.39. The van der Waals surface area contributed by atoms with Crippen molar-refractivity contribution in [2.24, 2.45) is 0 Å². The average Bonchev–Trinajstić information content (AvgIpc) is 2.39. The van der Waals surface area contributed by atoms with Crippen LogP contribution in [0, 0.1) is 0 Å². The van der Waals surface area contributed by atoms with Crippen molar-refractivity contribution in [3.8, 4) is 5.75 Å². The van der Waals surface area contributed by atoms with Crippen molar-refractivity contribution in [1.82, 2.24) is 0 Å². The van der Waals surface area contributed by atoms with Gasteiger partial charge in [-0.25, -0.2) is 0 Å². The molecule has 4 heteroatoms. The Morgan fingerprint density at radius 1 is 1.56 bits per heavy atom. The molecule has 1 aromatic carbocycles. The lowest BCUT2D eigenvalue weighted by atomic mass is 10.0. The molecule has 1 heterocycles. The van der Waals surface area contributed by atoms with E-state index in [4.69, 9.17) is 9.84 Å². The monoisotopic (exact) mass is 266 g/mol. The molecule has 0 bridgehead atoms. The molecule has 1 fully saturated rings. The summed E-state index contributed by atoms with van der Waals surface area (Å²) in [4.78, 5) is 11.0. The van der Waals surface area contributed by atoms with Crippen LogP contribution in [-0.4, -0.2) is 28.7 Å². The number of benzene rings is 1. The Kier molecular flexibility index (Phi) is 4.53. The van der Waals surface area contributed by atoms with Crippen LogP contribution in [0.25, 0.3) is 0 Å². The first kappa shape index (κ1) is 13.3. The van der Waals surface area contributed by atoms with Crippen LogP contribution in [-0.2, 0) is 4.79 Å². The number of carboxylic acid groups (broad SMARTS) is 1. The predicted octanol–water partition coefficient (Wildman–Crippen LogP) is 3.15. The molecule has 3 nitrogen and oxygen atoms in total. The van der Waals surface area contributed by atoms with Crippen LogP contribution in [0.2, 0.25) is 0 Å². The lowest BCUT2D eigenvalue weighted by molar-refractivity contribution is -0.138. The van der Waals surface area contributed by atoms with Crippen molar-refractivity contribution in [2.45, 2.75) is 31.8 Å². The summed E-state index contributed by atoms with van der Waals surface area (Å²) in [5.74, 6) is 1.73. The van der Waals surface area contributed by atoms with Crippen LogP contribution >= 0.6 is 11.8 Å². The SMILES string of the molecule is CC(C(=O)O)c1cccc(OC2CCCSC2)c1. The maximum absolute atomic E-state index is 11.0. The minimum Gasteiger partial charge on any atom is -0.490 e. The van der Waals surface area contributed by atoms with Crippen molar-refractivity contribution < 1.29 is 14.6 Å². The van der Waals surface area contributed by atoms with Gasteiger partial charge in [-0.3, -0.25) is 4.79 Å². The van der Waals surface area contributed by atoms with E-state index in [2.05, 4.69) is 0 Å². The molecule has 0 aromatic heterocycles. The van der Waals surface area contributed by atoms with E-state index in [1.54, 1.807) is 6.92 Å². The van der Waals surface area contributed by atoms with E-state index in [1.165, 1.54) is 12.2 Å². The molecule has 1 N–H and O–H groups in total. The third-order valence-corrected chi connectivity index (χ3v) is 4.33. The Hall–Kier alpha value is -1.16. The molecule has 2 atom stereocenters. The molecule has 0 radical (unpaired) electrons. The van der Waals surface area contributed by atoms with Crippen molar-refractivity contribution >= 4 is 17.7 Å². The van der Waals surface area contributed by atoms with E-state index in [1.807, 2.05) is 36.0 Å². The van der Waals surface area contributed by atoms with Crippen LogP contribution in [0.5, 0.6) is 5.75 Å². The van der Waals surface area contributed by atoms with Gasteiger partial charge < -0.3 is 9.84 Å². The average molecular weight is 266 g/mol. The molecule has 0 aliphatic carbocycles. The van der Waals surface area contributed by atoms with Gasteiger partial charge in [0.15, 0.2) is 0 Å². The van der Waals surface area contributed by atoms with E-state index >= 15 is 0 Å². The highest BCUT2D eigenvalue weighted by atomic mass is 32.2. The van der Waals surface area contributed by atoms with E-state index in [-0.39, 0.29) is 6.10 Å². The van der Waals surface area contributed by atoms with Gasteiger partial charge in [0.05, 0.1) is 5.92 Å². The molecular weight excluding hydrogens is 248 g/mol. The summed E-state index contributed by atoms with van der Waals surface area (Å²) in [6.07, 6.45) is 2.55. The molecule has 0 saturated carbocycles. The van der Waals surface area contributed by atoms with Crippen molar-refractivity contribution in [2.75, 3.05) is 11.5 Å². The molecule has 1 saturated heterocycles. The van der Waals surface area contributed by atoms with E-state index in [0.717, 1.165) is 23.5 Å². The Morgan fingerprint density at radius 2 is 2.39 bits per heavy atom. The summed E-state index contributed by atoms with van der Waals surface area (Å²) in [5, 5.41) is 9.00. The summed E-state index contributed by atoms with van der Waals surface area (Å²) in [6.45, 7) is 1.69. The first-order chi connectivity index (χ1) is 8.66. The van der Waals surface area contributed by atoms with Crippen LogP contribution in [0.4, 0.5) is 0 Å². The van der Waals surface area contributed by atoms with E-state index < -0.39 is 11.9 Å². The maximum Gasteiger partial charge on any atom is 0.310 e. The molecule has 1 aromatic rings. The zero-order valence-corrected chi connectivity index (χ0v) is 11.3. The summed E-state index contributed by atoms with van der Waals surface area (Å²) in [6, 6.07) is 7.44. The van der Waals surface area contributed by atoms with Gasteiger partial charge in [-0.1, -0.05) is 12.1 Å². The minimum absolute atomic E-state index is 0.263. The Labute approximate surface area is 112 Å². The zero-order chi connectivity index (χ0) is 13.0. The number of thioether (sulfide) groups is 1. The largest absolute Gasteiger partial charge is 0.490 e. The Bertz CT molecular complexity index is 413. The molecule has 18 heavy (non-hydrogen) atoms. The van der Waals surface area contributed by atoms with Crippen molar-refractivity contribution in [1.29, 1.82) is 0 Å². The van der Waals surface area contributed by atoms with Gasteiger partial charge in [-0.2, -0.15) is 11.8 Å². The van der Waals surface area contributed by atoms with Gasteiger partial charge in [0.2, 0.25) is 0 Å². The van der Waals surface area contributed by atoms with Gasteiger partial charge >= 0.3 is 5.97 Å². The Balaban J connectivity index is 2.04. The maximum atomic E-state index is 11.0. The first-order valence-electron chi connectivity index (χ1n) is 6.24. The van der Waals surface area contributed by atoms with Crippen LogP contribution < -0.4 is 4.74 Å². The number of aliphatic carboxylic acids is 1. The highest BCUT2D eigenvalue weighted by Crippen LogP contribution is 2.25. The summed E-state index contributed by atoms with van der Waals surface area (Å²) >= 11 is 1.92. The number of rotatable bonds is 4. The number of carboxylic acids is 1. The fourth-order valence-corrected chi connectivity index (χ4v) is 3.03. The van der Waals surface area contributed by atoms with Gasteiger partial charge in [0, 0.05) is 5.75 Å². The second-order valence-electron chi connectivity index (χ2n) is 4.59. The van der Waals surface area contributed by atoms with Crippen LogP contribution in [0.1, 0.15) is 31.2 Å². The highest BCUT2D eigenvalue weighted by Gasteiger charge is 2.17. The van der Waals surface area contributed by atoms with Crippen LogP contribution in [0.15, 0.2) is 24.3 Å². The summed E-state index contributed by atoms with van der Waals surface area (Å²) < 4.78 is 5.91. The smallest absolute Gasteiger partial charge is 0.310 e. The quantitative estimate of drug-likeness (QED) is 0.909. The number of carbonyl (C=O) groups is 1. The van der Waals surface area contributed by atoms with Gasteiger partial charge in [-0.05, 0) is 43.2 Å². The van der Waals surface area contributed by atoms with Gasteiger partial charge in [0.1, 0.15) is 11.9 Å². The molecule has 2 unspecified atom stereocenters. The normalized spacial score (nSPS) is 21.3. The van der Waals surface area contributed by atoms with Crippen molar-refractivity contribution in [3.63, 3.8) is 0 Å².